The lowest BCUT2D eigenvalue weighted by Gasteiger charge is -2.47. The van der Waals surface area contributed by atoms with Gasteiger partial charge in [-0.1, -0.05) is 0 Å². The Morgan fingerprint density at radius 3 is 2.73 bits per heavy atom. The molecule has 2 saturated heterocycles. The van der Waals surface area contributed by atoms with Crippen LogP contribution in [0.2, 0.25) is 0 Å². The normalized spacial score (nSPS) is 38.4. The molecule has 0 aliphatic carbocycles. The standard InChI is InChI=1S/C10H16N2O2S/c1-6-7(13)14-10(4)5-9(2,3)11-8(15)12(6)10/h6H,5H2,1-4H3,(H,11,15)/t6-,10+/m1/s1. The Hall–Kier alpha value is -0.840. The van der Waals surface area contributed by atoms with Crippen LogP contribution in [-0.2, 0) is 9.53 Å². The molecule has 2 atom stereocenters. The Labute approximate surface area is 95.0 Å². The summed E-state index contributed by atoms with van der Waals surface area (Å²) >= 11 is 5.28. The summed E-state index contributed by atoms with van der Waals surface area (Å²) in [7, 11) is 0. The largest absolute Gasteiger partial charge is 0.437 e. The van der Waals surface area contributed by atoms with Gasteiger partial charge in [-0.3, -0.25) is 4.90 Å². The maximum atomic E-state index is 11.6. The van der Waals surface area contributed by atoms with Gasteiger partial charge in [0, 0.05) is 12.0 Å². The van der Waals surface area contributed by atoms with Gasteiger partial charge in [-0.2, -0.15) is 0 Å². The van der Waals surface area contributed by atoms with Crippen LogP contribution in [0.4, 0.5) is 0 Å². The van der Waals surface area contributed by atoms with Crippen molar-refractivity contribution in [3.8, 4) is 0 Å². The molecule has 0 radical (unpaired) electrons. The van der Waals surface area contributed by atoms with Gasteiger partial charge in [0.1, 0.15) is 6.04 Å². The van der Waals surface area contributed by atoms with Crippen molar-refractivity contribution in [2.45, 2.75) is 51.4 Å². The summed E-state index contributed by atoms with van der Waals surface area (Å²) in [6.07, 6.45) is 0.732. The molecule has 2 fully saturated rings. The summed E-state index contributed by atoms with van der Waals surface area (Å²) in [5.74, 6) is -0.195. The first-order valence-corrected chi connectivity index (χ1v) is 5.50. The van der Waals surface area contributed by atoms with E-state index in [-0.39, 0.29) is 17.6 Å². The molecule has 4 nitrogen and oxygen atoms in total. The van der Waals surface area contributed by atoms with E-state index >= 15 is 0 Å². The van der Waals surface area contributed by atoms with Crippen LogP contribution < -0.4 is 5.32 Å². The number of rotatable bonds is 0. The molecule has 0 bridgehead atoms. The van der Waals surface area contributed by atoms with E-state index in [0.717, 1.165) is 6.42 Å². The highest BCUT2D eigenvalue weighted by Gasteiger charge is 2.55. The summed E-state index contributed by atoms with van der Waals surface area (Å²) in [6, 6.07) is -0.286. The van der Waals surface area contributed by atoms with Gasteiger partial charge < -0.3 is 10.1 Å². The van der Waals surface area contributed by atoms with Crippen molar-refractivity contribution < 1.29 is 9.53 Å². The first-order chi connectivity index (χ1) is 6.75. The van der Waals surface area contributed by atoms with E-state index in [1.807, 2.05) is 18.7 Å². The highest BCUT2D eigenvalue weighted by Crippen LogP contribution is 2.38. The molecular weight excluding hydrogens is 212 g/mol. The van der Waals surface area contributed by atoms with Crippen molar-refractivity contribution >= 4 is 23.3 Å². The SMILES string of the molecule is C[C@@H]1C(=O)O[C@@]2(C)CC(C)(C)NC(=S)N12. The highest BCUT2D eigenvalue weighted by molar-refractivity contribution is 7.80. The molecule has 84 valence electrons. The van der Waals surface area contributed by atoms with E-state index in [4.69, 9.17) is 17.0 Å². The van der Waals surface area contributed by atoms with Gasteiger partial charge in [0.15, 0.2) is 10.8 Å². The molecule has 0 aromatic rings. The van der Waals surface area contributed by atoms with Crippen molar-refractivity contribution in [3.05, 3.63) is 0 Å². The molecule has 0 aromatic heterocycles. The maximum Gasteiger partial charge on any atom is 0.330 e. The number of ether oxygens (including phenoxy) is 1. The quantitative estimate of drug-likeness (QED) is 0.495. The van der Waals surface area contributed by atoms with Gasteiger partial charge in [-0.25, -0.2) is 4.79 Å². The third kappa shape index (κ3) is 1.49. The van der Waals surface area contributed by atoms with Gasteiger partial charge in [-0.05, 0) is 39.9 Å². The van der Waals surface area contributed by atoms with Crippen LogP contribution in [0.25, 0.3) is 0 Å². The molecule has 0 spiro atoms. The Morgan fingerprint density at radius 2 is 2.13 bits per heavy atom. The first kappa shape index (κ1) is 10.7. The minimum Gasteiger partial charge on any atom is -0.437 e. The molecular formula is C10H16N2O2S. The number of carbonyl (C=O) groups is 1. The van der Waals surface area contributed by atoms with Crippen LogP contribution in [0.15, 0.2) is 0 Å². The predicted molar refractivity (Wildman–Crippen MR) is 60.2 cm³/mol. The minimum absolute atomic E-state index is 0.132. The molecule has 2 aliphatic heterocycles. The number of hydrogen-bond donors (Lipinski definition) is 1. The molecule has 0 amide bonds. The average molecular weight is 228 g/mol. The van der Waals surface area contributed by atoms with Gasteiger partial charge >= 0.3 is 5.97 Å². The summed E-state index contributed by atoms with van der Waals surface area (Å²) in [5.41, 5.74) is -0.713. The summed E-state index contributed by atoms with van der Waals surface area (Å²) in [5, 5.41) is 3.83. The highest BCUT2D eigenvalue weighted by atomic mass is 32.1. The smallest absolute Gasteiger partial charge is 0.330 e. The van der Waals surface area contributed by atoms with Gasteiger partial charge in [-0.15, -0.1) is 0 Å². The van der Waals surface area contributed by atoms with Crippen LogP contribution in [0.1, 0.15) is 34.1 Å². The van der Waals surface area contributed by atoms with Crippen molar-refractivity contribution in [1.82, 2.24) is 10.2 Å². The zero-order chi connectivity index (χ0) is 11.4. The van der Waals surface area contributed by atoms with E-state index < -0.39 is 5.72 Å². The summed E-state index contributed by atoms with van der Waals surface area (Å²) in [4.78, 5) is 13.4. The molecule has 2 aliphatic rings. The molecule has 2 heterocycles. The molecule has 0 aromatic carbocycles. The lowest BCUT2D eigenvalue weighted by atomic mass is 9.90. The second-order valence-electron chi connectivity index (χ2n) is 5.13. The van der Waals surface area contributed by atoms with Crippen molar-refractivity contribution in [3.63, 3.8) is 0 Å². The maximum absolute atomic E-state index is 11.6. The minimum atomic E-state index is -0.581. The Bertz CT molecular complexity index is 342. The monoisotopic (exact) mass is 228 g/mol. The fourth-order valence-corrected chi connectivity index (χ4v) is 3.22. The van der Waals surface area contributed by atoms with E-state index in [2.05, 4.69) is 19.2 Å². The fraction of sp³-hybridized carbons (Fsp3) is 0.800. The van der Waals surface area contributed by atoms with E-state index in [0.29, 0.717) is 5.11 Å². The predicted octanol–water partition coefficient (Wildman–Crippen LogP) is 1.01. The van der Waals surface area contributed by atoms with Crippen LogP contribution in [-0.4, -0.2) is 33.3 Å². The number of esters is 1. The molecule has 15 heavy (non-hydrogen) atoms. The third-order valence-electron chi connectivity index (χ3n) is 2.99. The topological polar surface area (TPSA) is 41.6 Å². The number of fused-ring (bicyclic) bond motifs is 1. The molecule has 2 rings (SSSR count). The number of nitrogens with one attached hydrogen (secondary N) is 1. The first-order valence-electron chi connectivity index (χ1n) is 5.10. The Kier molecular flexibility index (Phi) is 2.02. The molecule has 0 saturated carbocycles. The van der Waals surface area contributed by atoms with Crippen molar-refractivity contribution in [1.29, 1.82) is 0 Å². The van der Waals surface area contributed by atoms with E-state index in [1.54, 1.807) is 0 Å². The summed E-state index contributed by atoms with van der Waals surface area (Å²) in [6.45, 7) is 7.85. The molecule has 0 unspecified atom stereocenters. The number of hydrogen-bond acceptors (Lipinski definition) is 3. The summed E-state index contributed by atoms with van der Waals surface area (Å²) < 4.78 is 5.43. The van der Waals surface area contributed by atoms with Crippen molar-refractivity contribution in [2.24, 2.45) is 0 Å². The van der Waals surface area contributed by atoms with Crippen molar-refractivity contribution in [2.75, 3.05) is 0 Å². The zero-order valence-corrected chi connectivity index (χ0v) is 10.3. The lowest BCUT2D eigenvalue weighted by Crippen LogP contribution is -2.65. The van der Waals surface area contributed by atoms with Crippen LogP contribution in [0.3, 0.4) is 0 Å². The van der Waals surface area contributed by atoms with Crippen LogP contribution in [0, 0.1) is 0 Å². The molecule has 5 heteroatoms. The van der Waals surface area contributed by atoms with Gasteiger partial charge in [0.05, 0.1) is 0 Å². The van der Waals surface area contributed by atoms with Gasteiger partial charge in [0.2, 0.25) is 0 Å². The average Bonchev–Trinajstić information content (AvgIpc) is 2.18. The van der Waals surface area contributed by atoms with Gasteiger partial charge in [0.25, 0.3) is 0 Å². The Balaban J connectivity index is 2.38. The lowest BCUT2D eigenvalue weighted by molar-refractivity contribution is -0.153. The number of carbonyl (C=O) groups excluding carboxylic acids is 1. The second kappa shape index (κ2) is 2.84. The van der Waals surface area contributed by atoms with Crippen LogP contribution in [0.5, 0.6) is 0 Å². The molecule has 1 N–H and O–H groups in total. The second-order valence-corrected chi connectivity index (χ2v) is 5.52. The fourth-order valence-electron chi connectivity index (χ4n) is 2.59. The van der Waals surface area contributed by atoms with Crippen LogP contribution >= 0.6 is 12.2 Å². The zero-order valence-electron chi connectivity index (χ0n) is 9.46. The third-order valence-corrected chi connectivity index (χ3v) is 3.29. The number of thiocarbonyl (C=S) groups is 1. The van der Waals surface area contributed by atoms with E-state index in [1.165, 1.54) is 0 Å². The van der Waals surface area contributed by atoms with E-state index in [9.17, 15) is 4.79 Å². The Morgan fingerprint density at radius 1 is 1.53 bits per heavy atom. The number of nitrogens with zero attached hydrogens (tertiary/aromatic N) is 1.